The summed E-state index contributed by atoms with van der Waals surface area (Å²) in [4.78, 5) is 36.3. The summed E-state index contributed by atoms with van der Waals surface area (Å²) < 4.78 is 5.16. The average molecular weight is 353 g/mol. The van der Waals surface area contributed by atoms with Gasteiger partial charge in [-0.2, -0.15) is 0 Å². The topological polar surface area (TPSA) is 111 Å². The van der Waals surface area contributed by atoms with Crippen LogP contribution in [0.1, 0.15) is 53.9 Å². The fourth-order valence-electron chi connectivity index (χ4n) is 3.64. The Balaban J connectivity index is 3.33. The third-order valence-electron chi connectivity index (χ3n) is 4.56. The largest absolute Gasteiger partial charge is 0.446 e. The van der Waals surface area contributed by atoms with Gasteiger partial charge in [0.1, 0.15) is 11.6 Å². The number of hydrogen-bond acceptors (Lipinski definition) is 4. The number of hydrogen-bond donors (Lipinski definition) is 3. The van der Waals surface area contributed by atoms with Crippen LogP contribution in [0.15, 0.2) is 12.7 Å². The van der Waals surface area contributed by atoms with Crippen LogP contribution in [-0.4, -0.2) is 35.1 Å². The van der Waals surface area contributed by atoms with Gasteiger partial charge in [-0.1, -0.05) is 6.08 Å². The molecule has 1 saturated carbocycles. The van der Waals surface area contributed by atoms with Crippen LogP contribution in [0.25, 0.3) is 0 Å². The van der Waals surface area contributed by atoms with Crippen molar-refractivity contribution in [2.45, 2.75) is 71.1 Å². The number of nitrogens with two attached hydrogens (primary N) is 1. The Morgan fingerprint density at radius 1 is 1.32 bits per heavy atom. The quantitative estimate of drug-likeness (QED) is 0.655. The van der Waals surface area contributed by atoms with Gasteiger partial charge in [-0.05, 0) is 52.9 Å². The maximum Gasteiger partial charge on any atom is 0.404 e. The third-order valence-corrected chi connectivity index (χ3v) is 4.56. The molecule has 4 N–H and O–H groups in total. The third kappa shape index (κ3) is 5.47. The van der Waals surface area contributed by atoms with Crippen molar-refractivity contribution in [2.24, 2.45) is 17.6 Å². The van der Waals surface area contributed by atoms with Crippen molar-refractivity contribution in [3.8, 4) is 0 Å². The molecule has 0 bridgehead atoms. The zero-order valence-electron chi connectivity index (χ0n) is 15.8. The SMILES string of the molecule is C=C[C@@H]1CC[C@H](C(C)OC(N)=O)[C@@](NC(C)=O)(C(=O)NC(C)(C)C)C1. The van der Waals surface area contributed by atoms with E-state index in [1.165, 1.54) is 6.92 Å². The second-order valence-corrected chi connectivity index (χ2v) is 7.88. The summed E-state index contributed by atoms with van der Waals surface area (Å²) in [6.45, 7) is 12.5. The smallest absolute Gasteiger partial charge is 0.404 e. The molecule has 4 atom stereocenters. The molecule has 1 rings (SSSR count). The minimum absolute atomic E-state index is 0.0783. The van der Waals surface area contributed by atoms with Crippen LogP contribution in [0.5, 0.6) is 0 Å². The van der Waals surface area contributed by atoms with Gasteiger partial charge < -0.3 is 21.1 Å². The molecule has 1 unspecified atom stereocenters. The first-order valence-electron chi connectivity index (χ1n) is 8.61. The highest BCUT2D eigenvalue weighted by Gasteiger charge is 2.53. The highest BCUT2D eigenvalue weighted by atomic mass is 16.6. The van der Waals surface area contributed by atoms with E-state index in [1.54, 1.807) is 13.0 Å². The Labute approximate surface area is 149 Å². The molecule has 0 heterocycles. The van der Waals surface area contributed by atoms with Gasteiger partial charge in [0.05, 0.1) is 0 Å². The number of primary amides is 1. The standard InChI is InChI=1S/C18H31N3O4/c1-7-13-8-9-14(11(2)25-16(19)24)18(10-13,20-12(3)22)15(23)21-17(4,5)6/h7,11,13-14H,1,8-10H2,2-6H3,(H2,19,24)(H,20,22)(H,21,23)/t11?,13-,14-,18-/m1/s1. The first kappa shape index (κ1) is 21.0. The lowest BCUT2D eigenvalue weighted by Gasteiger charge is -2.48. The zero-order valence-corrected chi connectivity index (χ0v) is 15.8. The molecule has 7 nitrogen and oxygen atoms in total. The number of amides is 3. The first-order valence-corrected chi connectivity index (χ1v) is 8.61. The monoisotopic (exact) mass is 353 g/mol. The summed E-state index contributed by atoms with van der Waals surface area (Å²) in [7, 11) is 0. The van der Waals surface area contributed by atoms with Crippen LogP contribution in [0.3, 0.4) is 0 Å². The Morgan fingerprint density at radius 2 is 1.92 bits per heavy atom. The molecule has 0 aromatic rings. The molecule has 142 valence electrons. The van der Waals surface area contributed by atoms with Gasteiger partial charge in [-0.3, -0.25) is 9.59 Å². The lowest BCUT2D eigenvalue weighted by molar-refractivity contribution is -0.142. The van der Waals surface area contributed by atoms with Crippen molar-refractivity contribution in [2.75, 3.05) is 0 Å². The van der Waals surface area contributed by atoms with E-state index < -0.39 is 23.3 Å². The van der Waals surface area contributed by atoms with Gasteiger partial charge >= 0.3 is 6.09 Å². The number of rotatable bonds is 5. The summed E-state index contributed by atoms with van der Waals surface area (Å²) >= 11 is 0. The van der Waals surface area contributed by atoms with Crippen molar-refractivity contribution in [3.63, 3.8) is 0 Å². The van der Waals surface area contributed by atoms with Gasteiger partial charge in [0.15, 0.2) is 0 Å². The Morgan fingerprint density at radius 3 is 2.36 bits per heavy atom. The van der Waals surface area contributed by atoms with E-state index in [1.807, 2.05) is 20.8 Å². The molecular formula is C18H31N3O4. The van der Waals surface area contributed by atoms with Gasteiger partial charge in [0, 0.05) is 18.4 Å². The molecule has 0 radical (unpaired) electrons. The number of carbonyl (C=O) groups is 3. The van der Waals surface area contributed by atoms with Crippen LogP contribution in [0.4, 0.5) is 4.79 Å². The van der Waals surface area contributed by atoms with Crippen LogP contribution >= 0.6 is 0 Å². The van der Waals surface area contributed by atoms with E-state index in [2.05, 4.69) is 17.2 Å². The second kappa shape index (κ2) is 7.89. The Kier molecular flexibility index (Phi) is 6.62. The Bertz CT molecular complexity index is 541. The van der Waals surface area contributed by atoms with E-state index in [4.69, 9.17) is 10.5 Å². The van der Waals surface area contributed by atoms with Crippen LogP contribution in [0, 0.1) is 11.8 Å². The predicted octanol–water partition coefficient (Wildman–Crippen LogP) is 1.86. The molecule has 0 aliphatic heterocycles. The van der Waals surface area contributed by atoms with Gasteiger partial charge in [-0.15, -0.1) is 6.58 Å². The molecule has 0 aromatic carbocycles. The molecule has 7 heteroatoms. The normalized spacial score (nSPS) is 27.7. The van der Waals surface area contributed by atoms with Crippen LogP contribution in [-0.2, 0) is 14.3 Å². The number of nitrogens with one attached hydrogen (secondary N) is 2. The molecule has 0 saturated heterocycles. The van der Waals surface area contributed by atoms with Crippen molar-refractivity contribution >= 4 is 17.9 Å². The number of carbonyl (C=O) groups excluding carboxylic acids is 3. The van der Waals surface area contributed by atoms with Gasteiger partial charge in [0.2, 0.25) is 11.8 Å². The lowest BCUT2D eigenvalue weighted by Crippen LogP contribution is -2.68. The van der Waals surface area contributed by atoms with E-state index in [0.717, 1.165) is 6.42 Å². The van der Waals surface area contributed by atoms with Gasteiger partial charge in [-0.25, -0.2) is 4.79 Å². The summed E-state index contributed by atoms with van der Waals surface area (Å²) in [5, 5.41) is 5.81. The molecule has 1 aliphatic rings. The Hall–Kier alpha value is -2.05. The molecule has 0 spiro atoms. The fraction of sp³-hybridized carbons (Fsp3) is 0.722. The molecule has 1 fully saturated rings. The molecule has 3 amide bonds. The van der Waals surface area contributed by atoms with Gasteiger partial charge in [0.25, 0.3) is 0 Å². The zero-order chi connectivity index (χ0) is 19.4. The van der Waals surface area contributed by atoms with Crippen molar-refractivity contribution in [1.29, 1.82) is 0 Å². The van der Waals surface area contributed by atoms with Crippen molar-refractivity contribution < 1.29 is 19.1 Å². The predicted molar refractivity (Wildman–Crippen MR) is 95.6 cm³/mol. The van der Waals surface area contributed by atoms with Crippen molar-refractivity contribution in [3.05, 3.63) is 12.7 Å². The highest BCUT2D eigenvalue weighted by Crippen LogP contribution is 2.41. The maximum absolute atomic E-state index is 13.2. The minimum atomic E-state index is -1.19. The first-order chi connectivity index (χ1) is 11.4. The van der Waals surface area contributed by atoms with Crippen LogP contribution in [0.2, 0.25) is 0 Å². The minimum Gasteiger partial charge on any atom is -0.446 e. The summed E-state index contributed by atoms with van der Waals surface area (Å²) in [6, 6.07) is 0. The summed E-state index contributed by atoms with van der Waals surface area (Å²) in [5.74, 6) is -0.909. The fourth-order valence-corrected chi connectivity index (χ4v) is 3.64. The van der Waals surface area contributed by atoms with E-state index in [0.29, 0.717) is 12.8 Å². The molecule has 25 heavy (non-hydrogen) atoms. The van der Waals surface area contributed by atoms with E-state index in [9.17, 15) is 14.4 Å². The highest BCUT2D eigenvalue weighted by molar-refractivity contribution is 5.92. The molecular weight excluding hydrogens is 322 g/mol. The second-order valence-electron chi connectivity index (χ2n) is 7.88. The van der Waals surface area contributed by atoms with E-state index in [-0.39, 0.29) is 23.7 Å². The van der Waals surface area contributed by atoms with Crippen molar-refractivity contribution in [1.82, 2.24) is 10.6 Å². The van der Waals surface area contributed by atoms with E-state index >= 15 is 0 Å². The molecule has 1 aliphatic carbocycles. The number of allylic oxidation sites excluding steroid dienone is 1. The maximum atomic E-state index is 13.2. The average Bonchev–Trinajstić information content (AvgIpc) is 2.43. The number of ether oxygens (including phenoxy) is 1. The lowest BCUT2D eigenvalue weighted by atomic mass is 9.65. The van der Waals surface area contributed by atoms with Crippen LogP contribution < -0.4 is 16.4 Å². The summed E-state index contributed by atoms with van der Waals surface area (Å²) in [6.07, 6.45) is 2.09. The molecule has 0 aromatic heterocycles. The summed E-state index contributed by atoms with van der Waals surface area (Å²) in [5.41, 5.74) is 3.50.